The SMILES string of the molecule is Cc1oc(C)c2c(=O)ccc3c(c12)OC(N)=C(C#N)[C@H]3c1ccc(Br)cc1. The van der Waals surface area contributed by atoms with Gasteiger partial charge in [-0.2, -0.15) is 5.26 Å². The van der Waals surface area contributed by atoms with Gasteiger partial charge in [-0.1, -0.05) is 34.1 Å². The fourth-order valence-corrected chi connectivity index (χ4v) is 3.91. The zero-order valence-electron chi connectivity index (χ0n) is 14.7. The van der Waals surface area contributed by atoms with E-state index in [4.69, 9.17) is 14.9 Å². The van der Waals surface area contributed by atoms with Gasteiger partial charge in [-0.05, 0) is 37.6 Å². The molecule has 0 saturated heterocycles. The van der Waals surface area contributed by atoms with E-state index in [1.807, 2.05) is 24.3 Å². The van der Waals surface area contributed by atoms with Crippen LogP contribution in [0.3, 0.4) is 0 Å². The van der Waals surface area contributed by atoms with Gasteiger partial charge in [0.2, 0.25) is 5.88 Å². The van der Waals surface area contributed by atoms with Crippen molar-refractivity contribution in [2.45, 2.75) is 19.8 Å². The zero-order chi connectivity index (χ0) is 19.3. The van der Waals surface area contributed by atoms with Crippen LogP contribution in [0.5, 0.6) is 5.75 Å². The Morgan fingerprint density at radius 3 is 2.41 bits per heavy atom. The summed E-state index contributed by atoms with van der Waals surface area (Å²) in [5, 5.41) is 10.8. The molecular weight excluding hydrogens is 408 g/mol. The standard InChI is InChI=1S/C21H15BrN2O3/c1-10-17-16(25)8-7-14-19(12-3-5-13(22)6-4-12)15(9-23)21(24)27-20(14)18(17)11(2)26-10/h3-8,19H,24H2,1-2H3/t19-/m0/s1. The van der Waals surface area contributed by atoms with Gasteiger partial charge in [-0.15, -0.1) is 0 Å². The van der Waals surface area contributed by atoms with E-state index in [1.54, 1.807) is 19.9 Å². The van der Waals surface area contributed by atoms with Crippen LogP contribution in [0.15, 0.2) is 61.5 Å². The molecule has 0 unspecified atom stereocenters. The number of rotatable bonds is 1. The smallest absolute Gasteiger partial charge is 0.205 e. The molecular formula is C21H15BrN2O3. The maximum Gasteiger partial charge on any atom is 0.205 e. The zero-order valence-corrected chi connectivity index (χ0v) is 16.3. The van der Waals surface area contributed by atoms with Crippen molar-refractivity contribution in [2.75, 3.05) is 0 Å². The lowest BCUT2D eigenvalue weighted by molar-refractivity contribution is 0.398. The van der Waals surface area contributed by atoms with Gasteiger partial charge >= 0.3 is 0 Å². The average Bonchev–Trinajstić information content (AvgIpc) is 2.85. The second-order valence-electron chi connectivity index (χ2n) is 6.42. The van der Waals surface area contributed by atoms with Crippen molar-refractivity contribution in [3.63, 3.8) is 0 Å². The van der Waals surface area contributed by atoms with E-state index in [2.05, 4.69) is 22.0 Å². The first kappa shape index (κ1) is 17.4. The number of benzene rings is 1. The van der Waals surface area contributed by atoms with E-state index in [0.717, 1.165) is 10.0 Å². The van der Waals surface area contributed by atoms with Crippen LogP contribution < -0.4 is 15.9 Å². The molecule has 0 bridgehead atoms. The molecule has 134 valence electrons. The van der Waals surface area contributed by atoms with Crippen LogP contribution in [0.25, 0.3) is 10.8 Å². The van der Waals surface area contributed by atoms with E-state index in [9.17, 15) is 10.1 Å². The highest BCUT2D eigenvalue weighted by Crippen LogP contribution is 2.45. The maximum atomic E-state index is 12.7. The van der Waals surface area contributed by atoms with Gasteiger partial charge < -0.3 is 14.9 Å². The molecule has 1 atom stereocenters. The number of halogens is 1. The molecule has 5 nitrogen and oxygen atoms in total. The summed E-state index contributed by atoms with van der Waals surface area (Å²) < 4.78 is 12.5. The van der Waals surface area contributed by atoms with Crippen LogP contribution in [-0.2, 0) is 0 Å². The third-order valence-electron chi connectivity index (χ3n) is 4.81. The molecule has 2 aromatic carbocycles. The number of ether oxygens (including phenoxy) is 1. The Kier molecular flexibility index (Phi) is 4.05. The summed E-state index contributed by atoms with van der Waals surface area (Å²) in [7, 11) is 0. The van der Waals surface area contributed by atoms with Gasteiger partial charge in [0.15, 0.2) is 5.43 Å². The summed E-state index contributed by atoms with van der Waals surface area (Å²) in [5.74, 6) is 1.18. The highest BCUT2D eigenvalue weighted by Gasteiger charge is 2.32. The molecule has 0 amide bonds. The number of furan rings is 1. The van der Waals surface area contributed by atoms with E-state index in [1.165, 1.54) is 6.07 Å². The summed E-state index contributed by atoms with van der Waals surface area (Å²) in [6.45, 7) is 3.53. The topological polar surface area (TPSA) is 89.2 Å². The molecule has 4 rings (SSSR count). The molecule has 0 radical (unpaired) electrons. The molecule has 27 heavy (non-hydrogen) atoms. The second-order valence-corrected chi connectivity index (χ2v) is 7.34. The minimum absolute atomic E-state index is 0.0381. The minimum atomic E-state index is -0.434. The van der Waals surface area contributed by atoms with Crippen LogP contribution in [-0.4, -0.2) is 0 Å². The Hall–Kier alpha value is -3.04. The normalized spacial score (nSPS) is 16.0. The fraction of sp³-hybridized carbons (Fsp3) is 0.143. The Bertz CT molecular complexity index is 1220. The largest absolute Gasteiger partial charge is 0.465 e. The predicted octanol–water partition coefficient (Wildman–Crippen LogP) is 4.39. The van der Waals surface area contributed by atoms with Crippen molar-refractivity contribution in [1.29, 1.82) is 5.26 Å². The Morgan fingerprint density at radius 2 is 1.74 bits per heavy atom. The number of hydrogen-bond acceptors (Lipinski definition) is 5. The van der Waals surface area contributed by atoms with Crippen LogP contribution in [0, 0.1) is 25.2 Å². The van der Waals surface area contributed by atoms with Crippen molar-refractivity contribution in [3.8, 4) is 11.8 Å². The number of nitrogens with zero attached hydrogens (tertiary/aromatic N) is 1. The number of hydrogen-bond donors (Lipinski definition) is 1. The molecule has 0 saturated carbocycles. The number of aryl methyl sites for hydroxylation is 2. The lowest BCUT2D eigenvalue weighted by Gasteiger charge is -2.26. The highest BCUT2D eigenvalue weighted by molar-refractivity contribution is 9.10. The van der Waals surface area contributed by atoms with Crippen molar-refractivity contribution < 1.29 is 9.15 Å². The molecule has 2 N–H and O–H groups in total. The van der Waals surface area contributed by atoms with E-state index < -0.39 is 5.92 Å². The van der Waals surface area contributed by atoms with Gasteiger partial charge in [0, 0.05) is 10.0 Å². The molecule has 1 aliphatic heterocycles. The second kappa shape index (κ2) is 6.29. The number of allylic oxidation sites excluding steroid dienone is 1. The number of nitriles is 1. The summed E-state index contributed by atoms with van der Waals surface area (Å²) >= 11 is 3.43. The van der Waals surface area contributed by atoms with Gasteiger partial charge in [0.05, 0.1) is 16.7 Å². The Balaban J connectivity index is 2.13. The lowest BCUT2D eigenvalue weighted by atomic mass is 9.84. The third-order valence-corrected chi connectivity index (χ3v) is 5.34. The third kappa shape index (κ3) is 2.63. The Labute approximate surface area is 163 Å². The highest BCUT2D eigenvalue weighted by atomic mass is 79.9. The molecule has 1 aromatic heterocycles. The van der Waals surface area contributed by atoms with Crippen molar-refractivity contribution in [1.82, 2.24) is 0 Å². The number of fused-ring (bicyclic) bond motifs is 3. The number of nitrogens with two attached hydrogens (primary N) is 1. The van der Waals surface area contributed by atoms with Crippen LogP contribution in [0.1, 0.15) is 28.6 Å². The van der Waals surface area contributed by atoms with Crippen molar-refractivity contribution in [2.24, 2.45) is 5.73 Å². The van der Waals surface area contributed by atoms with Gasteiger partial charge in [0.25, 0.3) is 0 Å². The Morgan fingerprint density at radius 1 is 1.07 bits per heavy atom. The average molecular weight is 423 g/mol. The summed E-state index contributed by atoms with van der Waals surface area (Å²) in [4.78, 5) is 12.7. The molecule has 2 heterocycles. The summed E-state index contributed by atoms with van der Waals surface area (Å²) in [6, 6.07) is 13.0. The molecule has 0 aliphatic carbocycles. The summed E-state index contributed by atoms with van der Waals surface area (Å²) in [6.07, 6.45) is 0. The van der Waals surface area contributed by atoms with Crippen LogP contribution in [0.4, 0.5) is 0 Å². The van der Waals surface area contributed by atoms with Crippen molar-refractivity contribution in [3.05, 3.63) is 85.2 Å². The first-order chi connectivity index (χ1) is 12.9. The van der Waals surface area contributed by atoms with E-state index in [0.29, 0.717) is 39.2 Å². The fourth-order valence-electron chi connectivity index (χ4n) is 3.64. The first-order valence-corrected chi connectivity index (χ1v) is 9.11. The molecule has 0 fully saturated rings. The van der Waals surface area contributed by atoms with Gasteiger partial charge in [-0.3, -0.25) is 4.79 Å². The molecule has 3 aromatic rings. The van der Waals surface area contributed by atoms with Crippen molar-refractivity contribution >= 4 is 26.7 Å². The molecule has 6 heteroatoms. The van der Waals surface area contributed by atoms with E-state index in [-0.39, 0.29) is 11.3 Å². The first-order valence-electron chi connectivity index (χ1n) is 8.32. The van der Waals surface area contributed by atoms with Gasteiger partial charge in [-0.25, -0.2) is 0 Å². The molecule has 0 spiro atoms. The monoisotopic (exact) mass is 422 g/mol. The van der Waals surface area contributed by atoms with E-state index >= 15 is 0 Å². The summed E-state index contributed by atoms with van der Waals surface area (Å²) in [5.41, 5.74) is 7.85. The quantitative estimate of drug-likeness (QED) is 0.627. The van der Waals surface area contributed by atoms with Crippen LogP contribution in [0.2, 0.25) is 0 Å². The lowest BCUT2D eigenvalue weighted by Crippen LogP contribution is -2.20. The predicted molar refractivity (Wildman–Crippen MR) is 105 cm³/mol. The van der Waals surface area contributed by atoms with Crippen LogP contribution >= 0.6 is 15.9 Å². The molecule has 1 aliphatic rings. The maximum absolute atomic E-state index is 12.7. The van der Waals surface area contributed by atoms with Gasteiger partial charge in [0.1, 0.15) is 28.9 Å². The minimum Gasteiger partial charge on any atom is -0.465 e.